The molecule has 1 amide bonds. The van der Waals surface area contributed by atoms with Crippen molar-refractivity contribution in [1.29, 1.82) is 0 Å². The molecule has 0 fully saturated rings. The van der Waals surface area contributed by atoms with Crippen LogP contribution in [0, 0.1) is 24.0 Å². The molecule has 0 saturated carbocycles. The van der Waals surface area contributed by atoms with Crippen LogP contribution in [0.5, 0.6) is 0 Å². The summed E-state index contributed by atoms with van der Waals surface area (Å²) in [5, 5.41) is 22.0. The highest BCUT2D eigenvalue weighted by Gasteiger charge is 2.31. The quantitative estimate of drug-likeness (QED) is 0.331. The van der Waals surface area contributed by atoms with Gasteiger partial charge in [-0.3, -0.25) is 14.9 Å². The van der Waals surface area contributed by atoms with Gasteiger partial charge in [-0.15, -0.1) is 0 Å². The van der Waals surface area contributed by atoms with Crippen LogP contribution in [-0.4, -0.2) is 30.4 Å². The van der Waals surface area contributed by atoms with Gasteiger partial charge in [-0.1, -0.05) is 6.07 Å². The first-order valence-electron chi connectivity index (χ1n) is 9.89. The Morgan fingerprint density at radius 3 is 2.38 bits per heavy atom. The van der Waals surface area contributed by atoms with E-state index in [-0.39, 0.29) is 16.9 Å². The molecule has 1 N–H and O–H groups in total. The predicted molar refractivity (Wildman–Crippen MR) is 116 cm³/mol. The molecule has 12 heteroatoms. The number of alkyl halides is 3. The highest BCUT2D eigenvalue weighted by Crippen LogP contribution is 2.30. The van der Waals surface area contributed by atoms with Crippen molar-refractivity contribution in [3.8, 4) is 11.4 Å². The standard InChI is InChI=1S/C22H17F3N6O3/c1-13-10-20(30(28-13)16-6-8-17(9-7-16)31(33)34)27-21(32)19-12-26-29(14(19)2)18-5-3-4-15(11-18)22(23,24)25/h3-12H,1-2H3,(H,27,32). The minimum Gasteiger partial charge on any atom is -0.306 e. The summed E-state index contributed by atoms with van der Waals surface area (Å²) in [7, 11) is 0. The topological polar surface area (TPSA) is 108 Å². The fourth-order valence-corrected chi connectivity index (χ4v) is 3.39. The molecule has 0 unspecified atom stereocenters. The molecule has 0 aliphatic carbocycles. The van der Waals surface area contributed by atoms with Crippen LogP contribution in [0.1, 0.15) is 27.3 Å². The molecule has 0 bridgehead atoms. The molecule has 0 spiro atoms. The van der Waals surface area contributed by atoms with Crippen LogP contribution >= 0.6 is 0 Å². The molecule has 0 aliphatic heterocycles. The Labute approximate surface area is 190 Å². The SMILES string of the molecule is Cc1cc(NC(=O)c2cnn(-c3cccc(C(F)(F)F)c3)c2C)n(-c2ccc([N+](=O)[O-])cc2)n1. The maximum absolute atomic E-state index is 13.1. The van der Waals surface area contributed by atoms with Crippen molar-refractivity contribution in [3.05, 3.63) is 93.4 Å². The van der Waals surface area contributed by atoms with E-state index in [9.17, 15) is 28.1 Å². The first kappa shape index (κ1) is 22.7. The van der Waals surface area contributed by atoms with E-state index in [0.717, 1.165) is 12.1 Å². The van der Waals surface area contributed by atoms with Crippen LogP contribution in [0.4, 0.5) is 24.7 Å². The van der Waals surface area contributed by atoms with Gasteiger partial charge in [-0.25, -0.2) is 9.36 Å². The highest BCUT2D eigenvalue weighted by atomic mass is 19.4. The van der Waals surface area contributed by atoms with Crippen molar-refractivity contribution >= 4 is 17.4 Å². The number of carbonyl (C=O) groups excluding carboxylic acids is 1. The summed E-state index contributed by atoms with van der Waals surface area (Å²) in [6, 6.07) is 11.9. The molecule has 0 atom stereocenters. The lowest BCUT2D eigenvalue weighted by molar-refractivity contribution is -0.384. The third-order valence-corrected chi connectivity index (χ3v) is 5.05. The van der Waals surface area contributed by atoms with Crippen LogP contribution in [0.15, 0.2) is 60.8 Å². The first-order valence-corrected chi connectivity index (χ1v) is 9.89. The number of benzene rings is 2. The Hall–Kier alpha value is -4.48. The number of hydrogen-bond acceptors (Lipinski definition) is 5. The van der Waals surface area contributed by atoms with Crippen LogP contribution in [0.2, 0.25) is 0 Å². The van der Waals surface area contributed by atoms with Crippen molar-refractivity contribution in [3.63, 3.8) is 0 Å². The predicted octanol–water partition coefficient (Wildman–Crippen LogP) is 4.85. The van der Waals surface area contributed by atoms with Crippen LogP contribution in [0.3, 0.4) is 0 Å². The number of hydrogen-bond donors (Lipinski definition) is 1. The summed E-state index contributed by atoms with van der Waals surface area (Å²) in [6.07, 6.45) is -3.24. The maximum Gasteiger partial charge on any atom is 0.416 e. The number of aromatic nitrogens is 4. The van der Waals surface area contributed by atoms with Gasteiger partial charge in [0, 0.05) is 18.2 Å². The second-order valence-electron chi connectivity index (χ2n) is 7.41. The second-order valence-corrected chi connectivity index (χ2v) is 7.41. The Bertz CT molecular complexity index is 1390. The van der Waals surface area contributed by atoms with Crippen LogP contribution in [-0.2, 0) is 6.18 Å². The lowest BCUT2D eigenvalue weighted by Crippen LogP contribution is -2.16. The Morgan fingerprint density at radius 2 is 1.74 bits per heavy atom. The van der Waals surface area contributed by atoms with E-state index in [4.69, 9.17) is 0 Å². The molecule has 4 aromatic rings. The number of carbonyl (C=O) groups is 1. The van der Waals surface area contributed by atoms with Crippen molar-refractivity contribution in [1.82, 2.24) is 19.6 Å². The zero-order chi connectivity index (χ0) is 24.6. The molecule has 0 saturated heterocycles. The molecule has 9 nitrogen and oxygen atoms in total. The van der Waals surface area contributed by atoms with Gasteiger partial charge in [0.25, 0.3) is 11.6 Å². The molecule has 2 aromatic carbocycles. The number of nitrogens with one attached hydrogen (secondary N) is 1. The summed E-state index contributed by atoms with van der Waals surface area (Å²) in [5.74, 6) is -0.235. The lowest BCUT2D eigenvalue weighted by atomic mass is 10.2. The molecule has 2 aromatic heterocycles. The number of halogens is 3. The number of non-ortho nitro benzene ring substituents is 1. The van der Waals surface area contributed by atoms with E-state index < -0.39 is 22.6 Å². The molecule has 0 radical (unpaired) electrons. The zero-order valence-corrected chi connectivity index (χ0v) is 17.9. The second kappa shape index (κ2) is 8.46. The smallest absolute Gasteiger partial charge is 0.306 e. The fourth-order valence-electron chi connectivity index (χ4n) is 3.39. The fraction of sp³-hybridized carbons (Fsp3) is 0.136. The van der Waals surface area contributed by atoms with E-state index in [2.05, 4.69) is 15.5 Å². The Morgan fingerprint density at radius 1 is 1.03 bits per heavy atom. The van der Waals surface area contributed by atoms with Crippen molar-refractivity contribution < 1.29 is 22.9 Å². The molecular formula is C22H17F3N6O3. The van der Waals surface area contributed by atoms with Gasteiger partial charge < -0.3 is 5.32 Å². The number of nitrogens with zero attached hydrogens (tertiary/aromatic N) is 5. The number of rotatable bonds is 5. The highest BCUT2D eigenvalue weighted by molar-refractivity contribution is 6.04. The number of nitro benzene ring substituents is 1. The average Bonchev–Trinajstić information content (AvgIpc) is 3.35. The molecule has 0 aliphatic rings. The van der Waals surface area contributed by atoms with Gasteiger partial charge in [0.15, 0.2) is 0 Å². The molecule has 174 valence electrons. The summed E-state index contributed by atoms with van der Waals surface area (Å²) < 4.78 is 41.9. The molecule has 34 heavy (non-hydrogen) atoms. The van der Waals surface area contributed by atoms with Gasteiger partial charge in [-0.2, -0.15) is 23.4 Å². The lowest BCUT2D eigenvalue weighted by Gasteiger charge is -2.11. The molecular weight excluding hydrogens is 453 g/mol. The minimum atomic E-state index is -4.51. The third-order valence-electron chi connectivity index (χ3n) is 5.05. The van der Waals surface area contributed by atoms with E-state index in [1.807, 2.05) is 0 Å². The average molecular weight is 470 g/mol. The summed E-state index contributed by atoms with van der Waals surface area (Å²) in [6.45, 7) is 3.29. The van der Waals surface area contributed by atoms with E-state index in [1.165, 1.54) is 52.0 Å². The Kier molecular flexibility index (Phi) is 5.65. The van der Waals surface area contributed by atoms with Gasteiger partial charge >= 0.3 is 6.18 Å². The largest absolute Gasteiger partial charge is 0.416 e. The number of nitro groups is 1. The van der Waals surface area contributed by atoms with Gasteiger partial charge in [0.1, 0.15) is 5.82 Å². The van der Waals surface area contributed by atoms with Gasteiger partial charge in [-0.05, 0) is 44.2 Å². The molecule has 4 rings (SSSR count). The summed E-state index contributed by atoms with van der Waals surface area (Å²) in [4.78, 5) is 23.3. The van der Waals surface area contributed by atoms with Gasteiger partial charge in [0.05, 0.1) is 45.0 Å². The first-order chi connectivity index (χ1) is 16.0. The minimum absolute atomic E-state index is 0.0872. The monoisotopic (exact) mass is 470 g/mol. The van der Waals surface area contributed by atoms with Crippen molar-refractivity contribution in [2.24, 2.45) is 0 Å². The normalized spacial score (nSPS) is 11.4. The van der Waals surface area contributed by atoms with E-state index in [1.54, 1.807) is 19.9 Å². The van der Waals surface area contributed by atoms with E-state index in [0.29, 0.717) is 22.9 Å². The summed E-state index contributed by atoms with van der Waals surface area (Å²) in [5.41, 5.74) is 0.833. The van der Waals surface area contributed by atoms with Gasteiger partial charge in [0.2, 0.25) is 0 Å². The zero-order valence-electron chi connectivity index (χ0n) is 17.9. The molecule has 2 heterocycles. The Balaban J connectivity index is 1.62. The number of aryl methyl sites for hydroxylation is 1. The van der Waals surface area contributed by atoms with Crippen LogP contribution < -0.4 is 5.32 Å². The summed E-state index contributed by atoms with van der Waals surface area (Å²) >= 11 is 0. The third kappa shape index (κ3) is 4.37. The van der Waals surface area contributed by atoms with Crippen LogP contribution in [0.25, 0.3) is 11.4 Å². The van der Waals surface area contributed by atoms with E-state index >= 15 is 0 Å². The van der Waals surface area contributed by atoms with Crippen molar-refractivity contribution in [2.45, 2.75) is 20.0 Å². The number of amides is 1. The van der Waals surface area contributed by atoms with Crippen molar-refractivity contribution in [2.75, 3.05) is 5.32 Å². The maximum atomic E-state index is 13.1. The number of anilines is 1.